The summed E-state index contributed by atoms with van der Waals surface area (Å²) in [5, 5.41) is 11.7. The van der Waals surface area contributed by atoms with E-state index >= 15 is 0 Å². The Balaban J connectivity index is 1.77. The molecule has 0 radical (unpaired) electrons. The Labute approximate surface area is 188 Å². The van der Waals surface area contributed by atoms with Crippen molar-refractivity contribution < 1.29 is 19.4 Å². The fraction of sp³-hybridized carbons (Fsp3) is 0.174. The molecule has 0 spiro atoms. The predicted molar refractivity (Wildman–Crippen MR) is 116 cm³/mol. The van der Waals surface area contributed by atoms with Gasteiger partial charge in [-0.25, -0.2) is 4.79 Å². The maximum absolute atomic E-state index is 12.2. The third kappa shape index (κ3) is 3.70. The minimum absolute atomic E-state index is 0.0746. The lowest BCUT2D eigenvalue weighted by Gasteiger charge is -2.45. The van der Waals surface area contributed by atoms with Crippen molar-refractivity contribution >= 4 is 40.8 Å². The molecule has 3 aromatic carbocycles. The number of hydrogen-bond acceptors (Lipinski definition) is 3. The van der Waals surface area contributed by atoms with Crippen molar-refractivity contribution in [2.24, 2.45) is 0 Å². The van der Waals surface area contributed by atoms with Crippen molar-refractivity contribution in [2.75, 3.05) is 13.2 Å². The van der Waals surface area contributed by atoms with Crippen molar-refractivity contribution in [2.45, 2.75) is 11.2 Å². The summed E-state index contributed by atoms with van der Waals surface area (Å²) in [4.78, 5) is 12.2. The van der Waals surface area contributed by atoms with Gasteiger partial charge in [0.05, 0.1) is 18.6 Å². The Bertz CT molecular complexity index is 992. The number of benzene rings is 3. The van der Waals surface area contributed by atoms with E-state index in [1.165, 1.54) is 0 Å². The molecular weight excluding hydrogens is 447 g/mol. The second kappa shape index (κ2) is 8.22. The van der Waals surface area contributed by atoms with E-state index in [1.807, 2.05) is 24.3 Å². The first-order valence-corrected chi connectivity index (χ1v) is 10.3. The molecule has 0 unspecified atom stereocenters. The van der Waals surface area contributed by atoms with Crippen LogP contribution in [-0.4, -0.2) is 24.3 Å². The molecule has 1 heterocycles. The summed E-state index contributed by atoms with van der Waals surface area (Å²) in [6.45, 7) is 0.149. The minimum atomic E-state index is -1.92. The first-order valence-electron chi connectivity index (χ1n) is 9.15. The topological polar surface area (TPSA) is 55.8 Å². The van der Waals surface area contributed by atoms with Crippen molar-refractivity contribution in [1.82, 2.24) is 0 Å². The van der Waals surface area contributed by atoms with Gasteiger partial charge in [-0.1, -0.05) is 71.2 Å². The molecule has 1 saturated heterocycles. The molecule has 0 bridgehead atoms. The van der Waals surface area contributed by atoms with E-state index in [1.54, 1.807) is 48.5 Å². The van der Waals surface area contributed by atoms with Crippen LogP contribution in [-0.2, 0) is 25.5 Å². The molecule has 0 aromatic heterocycles. The number of carbonyl (C=O) groups is 1. The van der Waals surface area contributed by atoms with Gasteiger partial charge in [0.25, 0.3) is 5.79 Å². The number of aliphatic carboxylic acids is 1. The van der Waals surface area contributed by atoms with Crippen molar-refractivity contribution in [3.05, 3.63) is 105 Å². The number of rotatable bonds is 4. The zero-order valence-corrected chi connectivity index (χ0v) is 17.9. The van der Waals surface area contributed by atoms with Gasteiger partial charge in [0.1, 0.15) is 0 Å². The van der Waals surface area contributed by atoms with Crippen LogP contribution in [0.1, 0.15) is 16.7 Å². The monoisotopic (exact) mass is 462 g/mol. The SMILES string of the molecule is O=C(O)C1(c2ccc(Cl)cc2)OCC(c2ccc(Cl)cc2)(c2ccc(Cl)cc2)CO1. The van der Waals surface area contributed by atoms with Gasteiger partial charge in [-0.2, -0.15) is 0 Å². The predicted octanol–water partition coefficient (Wildman–Crippen LogP) is 5.92. The summed E-state index contributed by atoms with van der Waals surface area (Å²) < 4.78 is 12.0. The van der Waals surface area contributed by atoms with Crippen molar-refractivity contribution in [1.29, 1.82) is 0 Å². The van der Waals surface area contributed by atoms with E-state index < -0.39 is 17.2 Å². The normalized spacial score (nSPS) is 17.4. The molecule has 154 valence electrons. The second-order valence-corrected chi connectivity index (χ2v) is 8.41. The van der Waals surface area contributed by atoms with Crippen LogP contribution in [0.4, 0.5) is 0 Å². The lowest BCUT2D eigenvalue weighted by atomic mass is 9.75. The summed E-state index contributed by atoms with van der Waals surface area (Å²) in [6.07, 6.45) is 0. The quantitative estimate of drug-likeness (QED) is 0.522. The van der Waals surface area contributed by atoms with Crippen LogP contribution in [0, 0.1) is 0 Å². The van der Waals surface area contributed by atoms with Gasteiger partial charge in [-0.3, -0.25) is 0 Å². The Kier molecular flexibility index (Phi) is 5.80. The first kappa shape index (κ1) is 21.2. The van der Waals surface area contributed by atoms with Crippen LogP contribution < -0.4 is 0 Å². The van der Waals surface area contributed by atoms with Crippen molar-refractivity contribution in [3.8, 4) is 0 Å². The molecule has 4 rings (SSSR count). The first-order chi connectivity index (χ1) is 14.4. The van der Waals surface area contributed by atoms with Gasteiger partial charge in [-0.05, 0) is 47.5 Å². The summed E-state index contributed by atoms with van der Waals surface area (Å²) >= 11 is 18.1. The highest BCUT2D eigenvalue weighted by molar-refractivity contribution is 6.31. The van der Waals surface area contributed by atoms with Gasteiger partial charge in [0.2, 0.25) is 0 Å². The molecule has 3 aromatic rings. The van der Waals surface area contributed by atoms with E-state index in [-0.39, 0.29) is 13.2 Å². The van der Waals surface area contributed by atoms with E-state index in [9.17, 15) is 9.90 Å². The minimum Gasteiger partial charge on any atom is -0.477 e. The molecule has 30 heavy (non-hydrogen) atoms. The Morgan fingerprint density at radius 1 is 0.667 bits per heavy atom. The summed E-state index contributed by atoms with van der Waals surface area (Å²) in [5.41, 5.74) is 1.41. The number of ether oxygens (including phenoxy) is 2. The molecular formula is C23H17Cl3O4. The highest BCUT2D eigenvalue weighted by Crippen LogP contribution is 2.43. The fourth-order valence-electron chi connectivity index (χ4n) is 3.65. The summed E-state index contributed by atoms with van der Waals surface area (Å²) in [7, 11) is 0. The lowest BCUT2D eigenvalue weighted by molar-refractivity contribution is -0.287. The average molecular weight is 464 g/mol. The van der Waals surface area contributed by atoms with Crippen LogP contribution in [0.3, 0.4) is 0 Å². The van der Waals surface area contributed by atoms with E-state index in [0.29, 0.717) is 20.6 Å². The van der Waals surface area contributed by atoms with E-state index in [2.05, 4.69) is 0 Å². The smallest absolute Gasteiger partial charge is 0.369 e. The Morgan fingerprint density at radius 2 is 1.00 bits per heavy atom. The van der Waals surface area contributed by atoms with Gasteiger partial charge < -0.3 is 14.6 Å². The molecule has 1 aliphatic rings. The van der Waals surface area contributed by atoms with E-state index in [4.69, 9.17) is 44.3 Å². The standard InChI is InChI=1S/C23H17Cl3O4/c24-18-7-1-15(2-8-18)22(16-3-9-19(25)10-4-16)13-29-23(21(27)28,30-14-22)17-5-11-20(26)12-6-17/h1-12H,13-14H2,(H,27,28). The zero-order valence-electron chi connectivity index (χ0n) is 15.6. The number of carboxylic acids is 1. The van der Waals surface area contributed by atoms with Crippen molar-refractivity contribution in [3.63, 3.8) is 0 Å². The number of hydrogen-bond donors (Lipinski definition) is 1. The summed E-state index contributed by atoms with van der Waals surface area (Å²) in [6, 6.07) is 21.1. The Hall–Kier alpha value is -2.08. The molecule has 1 fully saturated rings. The van der Waals surface area contributed by atoms with Gasteiger partial charge in [0, 0.05) is 20.6 Å². The zero-order chi connectivity index (χ0) is 21.4. The molecule has 7 heteroatoms. The van der Waals surface area contributed by atoms with Crippen LogP contribution in [0.5, 0.6) is 0 Å². The molecule has 0 saturated carbocycles. The number of carboxylic acid groups (broad SMARTS) is 1. The van der Waals surface area contributed by atoms with Crippen LogP contribution in [0.25, 0.3) is 0 Å². The third-order valence-corrected chi connectivity index (χ3v) is 6.10. The van der Waals surface area contributed by atoms with E-state index in [0.717, 1.165) is 11.1 Å². The molecule has 1 N–H and O–H groups in total. The molecule has 0 amide bonds. The van der Waals surface area contributed by atoms with Gasteiger partial charge in [-0.15, -0.1) is 0 Å². The largest absolute Gasteiger partial charge is 0.477 e. The molecule has 0 aliphatic carbocycles. The van der Waals surface area contributed by atoms with Crippen LogP contribution in [0.15, 0.2) is 72.8 Å². The van der Waals surface area contributed by atoms with Crippen LogP contribution >= 0.6 is 34.8 Å². The summed E-state index contributed by atoms with van der Waals surface area (Å²) in [5.74, 6) is -3.15. The second-order valence-electron chi connectivity index (χ2n) is 7.10. The third-order valence-electron chi connectivity index (χ3n) is 5.34. The number of halogens is 3. The molecule has 0 atom stereocenters. The lowest BCUT2D eigenvalue weighted by Crippen LogP contribution is -2.54. The Morgan fingerprint density at radius 3 is 1.33 bits per heavy atom. The molecule has 1 aliphatic heterocycles. The van der Waals surface area contributed by atoms with Crippen LogP contribution in [0.2, 0.25) is 15.1 Å². The maximum Gasteiger partial charge on any atom is 0.369 e. The average Bonchev–Trinajstić information content (AvgIpc) is 2.75. The molecule has 4 nitrogen and oxygen atoms in total. The fourth-order valence-corrected chi connectivity index (χ4v) is 4.03. The van der Waals surface area contributed by atoms with Gasteiger partial charge >= 0.3 is 5.97 Å². The highest BCUT2D eigenvalue weighted by atomic mass is 35.5. The maximum atomic E-state index is 12.2. The highest BCUT2D eigenvalue weighted by Gasteiger charge is 2.52. The van der Waals surface area contributed by atoms with Gasteiger partial charge in [0.15, 0.2) is 0 Å².